The van der Waals surface area contributed by atoms with Gasteiger partial charge >= 0.3 is 0 Å². The van der Waals surface area contributed by atoms with Crippen LogP contribution in [0.3, 0.4) is 0 Å². The molecule has 0 radical (unpaired) electrons. The summed E-state index contributed by atoms with van der Waals surface area (Å²) in [6.07, 6.45) is 1.26. The average Bonchev–Trinajstić information content (AvgIpc) is 2.38. The second kappa shape index (κ2) is 5.29. The lowest BCUT2D eigenvalue weighted by Gasteiger charge is -2.31. The smallest absolute Gasteiger partial charge is 0.272 e. The van der Waals surface area contributed by atoms with Crippen molar-refractivity contribution in [1.82, 2.24) is 9.88 Å². The van der Waals surface area contributed by atoms with Gasteiger partial charge in [-0.2, -0.15) is 0 Å². The lowest BCUT2D eigenvalue weighted by atomic mass is 9.94. The van der Waals surface area contributed by atoms with Crippen LogP contribution in [0.1, 0.15) is 35.9 Å². The van der Waals surface area contributed by atoms with Crippen LogP contribution in [0.15, 0.2) is 18.2 Å². The van der Waals surface area contributed by atoms with E-state index in [9.17, 15) is 9.59 Å². The van der Waals surface area contributed by atoms with Crippen LogP contribution in [-0.2, 0) is 4.79 Å². The number of pyridine rings is 1. The van der Waals surface area contributed by atoms with Crippen LogP contribution in [0.5, 0.6) is 0 Å². The molecule has 0 saturated carbocycles. The van der Waals surface area contributed by atoms with Crippen LogP contribution in [0, 0.1) is 12.8 Å². The minimum atomic E-state index is -0.0651. The quantitative estimate of drug-likeness (QED) is 0.800. The highest BCUT2D eigenvalue weighted by Gasteiger charge is 2.29. The molecule has 0 N–H and O–H groups in total. The number of piperidine rings is 1. The molecule has 1 aromatic heterocycles. The van der Waals surface area contributed by atoms with E-state index in [1.54, 1.807) is 11.0 Å². The van der Waals surface area contributed by atoms with Gasteiger partial charge in [0.1, 0.15) is 11.5 Å². The van der Waals surface area contributed by atoms with E-state index >= 15 is 0 Å². The fourth-order valence-corrected chi connectivity index (χ4v) is 2.27. The normalized spacial score (nSPS) is 20.0. The Morgan fingerprint density at radius 2 is 2.28 bits per heavy atom. The zero-order valence-electron chi connectivity index (χ0n) is 10.8. The average molecular weight is 246 g/mol. The maximum atomic E-state index is 12.3. The lowest BCUT2D eigenvalue weighted by Crippen LogP contribution is -2.44. The Bertz CT molecular complexity index is 471. The topological polar surface area (TPSA) is 50.3 Å². The van der Waals surface area contributed by atoms with Gasteiger partial charge in [-0.25, -0.2) is 4.98 Å². The van der Waals surface area contributed by atoms with Gasteiger partial charge < -0.3 is 4.90 Å². The zero-order valence-corrected chi connectivity index (χ0v) is 10.8. The number of aryl methyl sites for hydroxylation is 1. The Balaban J connectivity index is 2.12. The van der Waals surface area contributed by atoms with Crippen LogP contribution in [0.2, 0.25) is 0 Å². The van der Waals surface area contributed by atoms with E-state index in [0.29, 0.717) is 25.2 Å². The Labute approximate surface area is 107 Å². The summed E-state index contributed by atoms with van der Waals surface area (Å²) in [7, 11) is 0. The molecule has 96 valence electrons. The van der Waals surface area contributed by atoms with Crippen molar-refractivity contribution in [2.75, 3.05) is 13.1 Å². The summed E-state index contributed by atoms with van der Waals surface area (Å²) < 4.78 is 0. The van der Waals surface area contributed by atoms with Gasteiger partial charge in [-0.05, 0) is 25.5 Å². The van der Waals surface area contributed by atoms with Gasteiger partial charge in [-0.3, -0.25) is 9.59 Å². The number of rotatable bonds is 2. The molecule has 0 bridgehead atoms. The molecule has 1 saturated heterocycles. The fourth-order valence-electron chi connectivity index (χ4n) is 2.27. The van der Waals surface area contributed by atoms with Crippen LogP contribution in [0.4, 0.5) is 0 Å². The monoisotopic (exact) mass is 246 g/mol. The molecule has 1 aliphatic rings. The van der Waals surface area contributed by atoms with E-state index in [1.807, 2.05) is 26.0 Å². The Morgan fingerprint density at radius 1 is 1.50 bits per heavy atom. The minimum absolute atomic E-state index is 0.00694. The molecule has 18 heavy (non-hydrogen) atoms. The molecule has 1 fully saturated rings. The molecule has 0 spiro atoms. The molecule has 4 heteroatoms. The maximum absolute atomic E-state index is 12.3. The third kappa shape index (κ3) is 2.58. The summed E-state index contributed by atoms with van der Waals surface area (Å²) in [5, 5.41) is 0. The van der Waals surface area contributed by atoms with Gasteiger partial charge in [0.15, 0.2) is 0 Å². The van der Waals surface area contributed by atoms with Crippen LogP contribution < -0.4 is 0 Å². The van der Waals surface area contributed by atoms with E-state index in [-0.39, 0.29) is 17.6 Å². The number of nitrogens with zero attached hydrogens (tertiary/aromatic N) is 2. The van der Waals surface area contributed by atoms with Crippen molar-refractivity contribution < 1.29 is 9.59 Å². The molecular formula is C14H18N2O2. The molecule has 1 unspecified atom stereocenters. The van der Waals surface area contributed by atoms with Gasteiger partial charge in [0.05, 0.1) is 0 Å². The van der Waals surface area contributed by atoms with Crippen molar-refractivity contribution in [2.24, 2.45) is 5.92 Å². The summed E-state index contributed by atoms with van der Waals surface area (Å²) >= 11 is 0. The Morgan fingerprint density at radius 3 is 2.94 bits per heavy atom. The number of hydrogen-bond donors (Lipinski definition) is 0. The van der Waals surface area contributed by atoms with Gasteiger partial charge in [-0.1, -0.05) is 13.0 Å². The first kappa shape index (κ1) is 12.7. The number of amides is 1. The second-order valence-corrected chi connectivity index (χ2v) is 4.74. The molecule has 1 aliphatic heterocycles. The van der Waals surface area contributed by atoms with Crippen LogP contribution in [0.25, 0.3) is 0 Å². The number of carbonyl (C=O) groups excluding carboxylic acids is 2. The van der Waals surface area contributed by atoms with E-state index < -0.39 is 0 Å². The van der Waals surface area contributed by atoms with Crippen molar-refractivity contribution in [1.29, 1.82) is 0 Å². The SMILES string of the molecule is CCC1CN(C(=O)c2cccc(C)n2)CCC1=O. The third-order valence-corrected chi connectivity index (χ3v) is 3.41. The highest BCUT2D eigenvalue weighted by molar-refractivity contribution is 5.94. The van der Waals surface area contributed by atoms with Crippen molar-refractivity contribution in [3.05, 3.63) is 29.6 Å². The van der Waals surface area contributed by atoms with Crippen molar-refractivity contribution in [3.63, 3.8) is 0 Å². The highest BCUT2D eigenvalue weighted by atomic mass is 16.2. The fraction of sp³-hybridized carbons (Fsp3) is 0.500. The molecule has 0 aromatic carbocycles. The predicted octanol–water partition coefficient (Wildman–Crippen LogP) is 1.83. The molecule has 1 amide bonds. The number of ketones is 1. The number of carbonyl (C=O) groups is 2. The Kier molecular flexibility index (Phi) is 3.75. The van der Waals surface area contributed by atoms with E-state index in [1.165, 1.54) is 0 Å². The molecule has 1 aromatic rings. The standard InChI is InChI=1S/C14H18N2O2/c1-3-11-9-16(8-7-13(11)17)14(18)12-6-4-5-10(2)15-12/h4-6,11H,3,7-9H2,1-2H3. The highest BCUT2D eigenvalue weighted by Crippen LogP contribution is 2.17. The molecule has 2 heterocycles. The molecule has 4 nitrogen and oxygen atoms in total. The summed E-state index contributed by atoms with van der Waals surface area (Å²) in [6.45, 7) is 4.90. The first-order valence-corrected chi connectivity index (χ1v) is 6.37. The Hall–Kier alpha value is -1.71. The van der Waals surface area contributed by atoms with Crippen LogP contribution in [-0.4, -0.2) is 34.7 Å². The lowest BCUT2D eigenvalue weighted by molar-refractivity contribution is -0.125. The van der Waals surface area contributed by atoms with Gasteiger partial charge in [0.25, 0.3) is 5.91 Å². The zero-order chi connectivity index (χ0) is 13.1. The van der Waals surface area contributed by atoms with Crippen molar-refractivity contribution >= 4 is 11.7 Å². The van der Waals surface area contributed by atoms with Gasteiger partial charge in [0, 0.05) is 31.1 Å². The van der Waals surface area contributed by atoms with Gasteiger partial charge in [0.2, 0.25) is 0 Å². The predicted molar refractivity (Wildman–Crippen MR) is 68.3 cm³/mol. The number of aromatic nitrogens is 1. The van der Waals surface area contributed by atoms with Crippen molar-refractivity contribution in [2.45, 2.75) is 26.7 Å². The van der Waals surface area contributed by atoms with Crippen molar-refractivity contribution in [3.8, 4) is 0 Å². The number of likely N-dealkylation sites (tertiary alicyclic amines) is 1. The maximum Gasteiger partial charge on any atom is 0.272 e. The van der Waals surface area contributed by atoms with Gasteiger partial charge in [-0.15, -0.1) is 0 Å². The van der Waals surface area contributed by atoms with Crippen LogP contribution >= 0.6 is 0 Å². The van der Waals surface area contributed by atoms with E-state index in [4.69, 9.17) is 0 Å². The first-order chi connectivity index (χ1) is 8.61. The summed E-state index contributed by atoms with van der Waals surface area (Å²) in [6, 6.07) is 5.43. The van der Waals surface area contributed by atoms with E-state index in [2.05, 4.69) is 4.98 Å². The molecule has 1 atom stereocenters. The number of hydrogen-bond acceptors (Lipinski definition) is 3. The summed E-state index contributed by atoms with van der Waals surface area (Å²) in [5.74, 6) is 0.205. The number of Topliss-reactive ketones (excluding diaryl/α,β-unsaturated/α-hetero) is 1. The minimum Gasteiger partial charge on any atom is -0.336 e. The molecule has 2 rings (SSSR count). The largest absolute Gasteiger partial charge is 0.336 e. The second-order valence-electron chi connectivity index (χ2n) is 4.74. The molecular weight excluding hydrogens is 228 g/mol. The summed E-state index contributed by atoms with van der Waals surface area (Å²) in [4.78, 5) is 29.9. The first-order valence-electron chi connectivity index (χ1n) is 6.37. The summed E-state index contributed by atoms with van der Waals surface area (Å²) in [5.41, 5.74) is 1.31. The third-order valence-electron chi connectivity index (χ3n) is 3.41. The van der Waals surface area contributed by atoms with E-state index in [0.717, 1.165) is 12.1 Å². The molecule has 0 aliphatic carbocycles.